The Balaban J connectivity index is 2.27. The topological polar surface area (TPSA) is 55.0 Å². The Labute approximate surface area is 122 Å². The molecule has 4 nitrogen and oxygen atoms in total. The van der Waals surface area contributed by atoms with E-state index in [0.29, 0.717) is 18.5 Å². The quantitative estimate of drug-likeness (QED) is 0.898. The van der Waals surface area contributed by atoms with Gasteiger partial charge in [0.15, 0.2) is 0 Å². The first-order valence-electron chi connectivity index (χ1n) is 7.94. The third-order valence-electron chi connectivity index (χ3n) is 4.10. The first-order valence-corrected chi connectivity index (χ1v) is 7.94. The molecule has 1 heterocycles. The Bertz CT molecular complexity index is 424. The molecule has 1 aromatic rings. The standard InChI is InChI=1S/C16H28N4/c1-12(2)15-11-13(3)18-16(19-15)20(10-9-17)14-7-5-4-6-8-14/h11-12,14H,4-10,17H2,1-3H3. The summed E-state index contributed by atoms with van der Waals surface area (Å²) in [5.41, 5.74) is 7.99. The molecular weight excluding hydrogens is 248 g/mol. The lowest BCUT2D eigenvalue weighted by molar-refractivity contribution is 0.411. The molecule has 2 rings (SSSR count). The third kappa shape index (κ3) is 3.69. The Kier molecular flexibility index (Phi) is 5.35. The van der Waals surface area contributed by atoms with Crippen LogP contribution in [0.15, 0.2) is 6.07 Å². The van der Waals surface area contributed by atoms with E-state index in [1.54, 1.807) is 0 Å². The van der Waals surface area contributed by atoms with Gasteiger partial charge in [0.25, 0.3) is 0 Å². The fourth-order valence-corrected chi connectivity index (χ4v) is 2.98. The van der Waals surface area contributed by atoms with E-state index >= 15 is 0 Å². The largest absolute Gasteiger partial charge is 0.337 e. The van der Waals surface area contributed by atoms with Crippen LogP contribution >= 0.6 is 0 Å². The summed E-state index contributed by atoms with van der Waals surface area (Å²) >= 11 is 0. The van der Waals surface area contributed by atoms with Crippen LogP contribution in [0.1, 0.15) is 63.3 Å². The number of aryl methyl sites for hydroxylation is 1. The smallest absolute Gasteiger partial charge is 0.226 e. The van der Waals surface area contributed by atoms with Crippen LogP contribution in [0.3, 0.4) is 0 Å². The highest BCUT2D eigenvalue weighted by molar-refractivity contribution is 5.35. The summed E-state index contributed by atoms with van der Waals surface area (Å²) in [6.45, 7) is 7.92. The van der Waals surface area contributed by atoms with Crippen LogP contribution in [-0.4, -0.2) is 29.1 Å². The van der Waals surface area contributed by atoms with Gasteiger partial charge in [-0.2, -0.15) is 0 Å². The SMILES string of the molecule is Cc1cc(C(C)C)nc(N(CCN)C2CCCCC2)n1. The normalized spacial score (nSPS) is 16.6. The molecule has 1 fully saturated rings. The molecule has 4 heteroatoms. The number of rotatable bonds is 5. The van der Waals surface area contributed by atoms with Gasteiger partial charge in [-0.3, -0.25) is 0 Å². The minimum absolute atomic E-state index is 0.432. The molecule has 0 aromatic carbocycles. The Hall–Kier alpha value is -1.16. The highest BCUT2D eigenvalue weighted by Gasteiger charge is 2.23. The van der Waals surface area contributed by atoms with Gasteiger partial charge < -0.3 is 10.6 Å². The van der Waals surface area contributed by atoms with Crippen molar-refractivity contribution in [2.45, 2.75) is 64.8 Å². The molecule has 0 radical (unpaired) electrons. The lowest BCUT2D eigenvalue weighted by atomic mass is 9.94. The second kappa shape index (κ2) is 7.02. The van der Waals surface area contributed by atoms with Gasteiger partial charge in [-0.1, -0.05) is 33.1 Å². The number of nitrogens with zero attached hydrogens (tertiary/aromatic N) is 3. The van der Waals surface area contributed by atoms with E-state index in [1.807, 2.05) is 0 Å². The molecular formula is C16H28N4. The van der Waals surface area contributed by atoms with Crippen molar-refractivity contribution in [2.75, 3.05) is 18.0 Å². The van der Waals surface area contributed by atoms with Gasteiger partial charge in [0.05, 0.1) is 0 Å². The van der Waals surface area contributed by atoms with Crippen molar-refractivity contribution in [1.29, 1.82) is 0 Å². The number of hydrogen-bond donors (Lipinski definition) is 1. The minimum Gasteiger partial charge on any atom is -0.337 e. The van der Waals surface area contributed by atoms with Crippen LogP contribution in [0.25, 0.3) is 0 Å². The predicted octanol–water partition coefficient (Wildman–Crippen LogP) is 3.01. The van der Waals surface area contributed by atoms with Crippen LogP contribution in [0.5, 0.6) is 0 Å². The maximum atomic E-state index is 5.81. The summed E-state index contributed by atoms with van der Waals surface area (Å²) in [4.78, 5) is 11.8. The molecule has 0 amide bonds. The summed E-state index contributed by atoms with van der Waals surface area (Å²) in [6, 6.07) is 2.66. The zero-order valence-corrected chi connectivity index (χ0v) is 13.1. The summed E-state index contributed by atoms with van der Waals surface area (Å²) in [6.07, 6.45) is 6.48. The molecule has 0 bridgehead atoms. The molecule has 112 valence electrons. The Morgan fingerprint density at radius 1 is 1.25 bits per heavy atom. The molecule has 1 aliphatic carbocycles. The molecule has 0 atom stereocenters. The zero-order valence-electron chi connectivity index (χ0n) is 13.1. The molecule has 1 saturated carbocycles. The van der Waals surface area contributed by atoms with Crippen molar-refractivity contribution in [3.63, 3.8) is 0 Å². The fourth-order valence-electron chi connectivity index (χ4n) is 2.98. The maximum absolute atomic E-state index is 5.81. The maximum Gasteiger partial charge on any atom is 0.226 e. The van der Waals surface area contributed by atoms with Gasteiger partial charge in [-0.25, -0.2) is 9.97 Å². The van der Waals surface area contributed by atoms with Crippen molar-refractivity contribution in [2.24, 2.45) is 5.73 Å². The number of anilines is 1. The van der Waals surface area contributed by atoms with Crippen LogP contribution in [0.4, 0.5) is 5.95 Å². The summed E-state index contributed by atoms with van der Waals surface area (Å²) < 4.78 is 0. The van der Waals surface area contributed by atoms with E-state index in [9.17, 15) is 0 Å². The molecule has 20 heavy (non-hydrogen) atoms. The van der Waals surface area contributed by atoms with Crippen LogP contribution < -0.4 is 10.6 Å². The van der Waals surface area contributed by atoms with E-state index < -0.39 is 0 Å². The van der Waals surface area contributed by atoms with Gasteiger partial charge in [-0.05, 0) is 31.7 Å². The third-order valence-corrected chi connectivity index (χ3v) is 4.10. The Morgan fingerprint density at radius 3 is 2.55 bits per heavy atom. The van der Waals surface area contributed by atoms with E-state index in [2.05, 4.69) is 36.7 Å². The molecule has 0 spiro atoms. The van der Waals surface area contributed by atoms with Crippen molar-refractivity contribution in [3.05, 3.63) is 17.5 Å². The molecule has 0 saturated heterocycles. The van der Waals surface area contributed by atoms with Gasteiger partial charge in [0, 0.05) is 30.5 Å². The Morgan fingerprint density at radius 2 is 1.95 bits per heavy atom. The van der Waals surface area contributed by atoms with Crippen molar-refractivity contribution >= 4 is 5.95 Å². The first kappa shape index (κ1) is 15.2. The molecule has 1 aromatic heterocycles. The fraction of sp³-hybridized carbons (Fsp3) is 0.750. The van der Waals surface area contributed by atoms with E-state index in [1.165, 1.54) is 32.1 Å². The number of aromatic nitrogens is 2. The van der Waals surface area contributed by atoms with Gasteiger partial charge >= 0.3 is 0 Å². The highest BCUT2D eigenvalue weighted by atomic mass is 15.3. The van der Waals surface area contributed by atoms with Crippen molar-refractivity contribution in [1.82, 2.24) is 9.97 Å². The first-order chi connectivity index (χ1) is 9.61. The highest BCUT2D eigenvalue weighted by Crippen LogP contribution is 2.26. The number of hydrogen-bond acceptors (Lipinski definition) is 4. The zero-order chi connectivity index (χ0) is 14.5. The van der Waals surface area contributed by atoms with Crippen LogP contribution in [-0.2, 0) is 0 Å². The molecule has 0 unspecified atom stereocenters. The van der Waals surface area contributed by atoms with Crippen molar-refractivity contribution < 1.29 is 0 Å². The van der Waals surface area contributed by atoms with E-state index in [-0.39, 0.29) is 0 Å². The lowest BCUT2D eigenvalue weighted by Crippen LogP contribution is -2.41. The monoisotopic (exact) mass is 276 g/mol. The predicted molar refractivity (Wildman–Crippen MR) is 84.1 cm³/mol. The number of nitrogens with two attached hydrogens (primary N) is 1. The average Bonchev–Trinajstić information content (AvgIpc) is 2.45. The van der Waals surface area contributed by atoms with Crippen LogP contribution in [0, 0.1) is 6.92 Å². The summed E-state index contributed by atoms with van der Waals surface area (Å²) in [5, 5.41) is 0. The summed E-state index contributed by atoms with van der Waals surface area (Å²) in [5.74, 6) is 1.31. The molecule has 2 N–H and O–H groups in total. The van der Waals surface area contributed by atoms with E-state index in [0.717, 1.165) is 23.9 Å². The lowest BCUT2D eigenvalue weighted by Gasteiger charge is -2.34. The van der Waals surface area contributed by atoms with Gasteiger partial charge in [0.1, 0.15) is 0 Å². The second-order valence-corrected chi connectivity index (χ2v) is 6.16. The molecule has 0 aliphatic heterocycles. The van der Waals surface area contributed by atoms with Gasteiger partial charge in [0.2, 0.25) is 5.95 Å². The average molecular weight is 276 g/mol. The second-order valence-electron chi connectivity index (χ2n) is 6.16. The van der Waals surface area contributed by atoms with Crippen LogP contribution in [0.2, 0.25) is 0 Å². The minimum atomic E-state index is 0.432. The van der Waals surface area contributed by atoms with E-state index in [4.69, 9.17) is 10.7 Å². The molecule has 1 aliphatic rings. The van der Waals surface area contributed by atoms with Crippen molar-refractivity contribution in [3.8, 4) is 0 Å². The summed E-state index contributed by atoms with van der Waals surface area (Å²) in [7, 11) is 0. The van der Waals surface area contributed by atoms with Gasteiger partial charge in [-0.15, -0.1) is 0 Å².